The van der Waals surface area contributed by atoms with E-state index in [-0.39, 0.29) is 5.41 Å². The van der Waals surface area contributed by atoms with Crippen LogP contribution < -0.4 is 0 Å². The molecule has 0 radical (unpaired) electrons. The van der Waals surface area contributed by atoms with Crippen molar-refractivity contribution in [3.05, 3.63) is 195 Å². The second-order valence-corrected chi connectivity index (χ2v) is 16.5. The van der Waals surface area contributed by atoms with Gasteiger partial charge in [-0.25, -0.2) is 0 Å². The zero-order valence-corrected chi connectivity index (χ0v) is 32.8. The lowest BCUT2D eigenvalue weighted by atomic mass is 9.82. The third kappa shape index (κ3) is 5.30. The summed E-state index contributed by atoms with van der Waals surface area (Å²) in [4.78, 5) is 5.20. The minimum Gasteiger partial charge on any atom is -0.256 e. The van der Waals surface area contributed by atoms with Crippen molar-refractivity contribution in [3.8, 4) is 44.6 Å². The molecule has 2 heteroatoms. The molecule has 0 amide bonds. The summed E-state index contributed by atoms with van der Waals surface area (Å²) in [5, 5.41) is 7.71. The first-order valence-corrected chi connectivity index (χ1v) is 19.8. The topological polar surface area (TPSA) is 12.9 Å². The van der Waals surface area contributed by atoms with Crippen molar-refractivity contribution in [1.82, 2.24) is 4.98 Å². The molecule has 0 bridgehead atoms. The Hall–Kier alpha value is -5.58. The molecule has 0 saturated carbocycles. The SMILES string of the molecule is Cc1cccc(Cc2c(-c3ccc(-c4ccc5c6ccccc6c6ccccc6c5c4)cn3)cccc2-c2cc3c(cc2I)C(C)(C)c2ccccc2-3)c1. The van der Waals surface area contributed by atoms with Crippen molar-refractivity contribution < 1.29 is 0 Å². The third-order valence-electron chi connectivity index (χ3n) is 11.7. The molecule has 1 aromatic heterocycles. The number of hydrogen-bond donors (Lipinski definition) is 0. The highest BCUT2D eigenvalue weighted by molar-refractivity contribution is 14.1. The number of benzene rings is 8. The molecule has 8 aromatic carbocycles. The number of fused-ring (bicyclic) bond motifs is 9. The van der Waals surface area contributed by atoms with E-state index >= 15 is 0 Å². The highest BCUT2D eigenvalue weighted by Gasteiger charge is 2.36. The fourth-order valence-corrected chi connectivity index (χ4v) is 9.79. The standard InChI is InChI=1S/C52H38IN/c1-32-12-10-13-33(26-32)27-44-40(47-29-46-42-18-8-9-21-48(42)52(2,3)49(46)30-50(47)53)19-11-20-43(44)51-25-23-35(31-54-51)34-22-24-41-38-16-5-4-14-36(38)37-15-6-7-17-39(37)45(41)28-34/h4-26,28-31H,27H2,1-3H3. The molecule has 1 nitrogen and oxygen atoms in total. The summed E-state index contributed by atoms with van der Waals surface area (Å²) in [5.41, 5.74) is 16.3. The van der Waals surface area contributed by atoms with Crippen LogP contribution in [0.5, 0.6) is 0 Å². The lowest BCUT2D eigenvalue weighted by Gasteiger charge is -2.23. The van der Waals surface area contributed by atoms with Gasteiger partial charge in [-0.3, -0.25) is 4.98 Å². The van der Waals surface area contributed by atoms with E-state index in [1.54, 1.807) is 0 Å². The maximum absolute atomic E-state index is 5.20. The minimum absolute atomic E-state index is 0.0335. The molecule has 9 aromatic rings. The Balaban J connectivity index is 1.10. The predicted octanol–water partition coefficient (Wildman–Crippen LogP) is 14.4. The van der Waals surface area contributed by atoms with Gasteiger partial charge < -0.3 is 0 Å². The number of hydrogen-bond acceptors (Lipinski definition) is 1. The van der Waals surface area contributed by atoms with Gasteiger partial charge in [-0.05, 0) is 143 Å². The molecular formula is C52H38IN. The summed E-state index contributed by atoms with van der Waals surface area (Å²) < 4.78 is 1.27. The molecule has 0 N–H and O–H groups in total. The average molecular weight is 804 g/mol. The second kappa shape index (κ2) is 12.8. The number of aromatic nitrogens is 1. The summed E-state index contributed by atoms with van der Waals surface area (Å²) in [6.07, 6.45) is 2.87. The van der Waals surface area contributed by atoms with Gasteiger partial charge in [0, 0.05) is 26.3 Å². The Bertz CT molecular complexity index is 2920. The molecule has 0 spiro atoms. The fourth-order valence-electron chi connectivity index (χ4n) is 9.03. The van der Waals surface area contributed by atoms with E-state index in [1.165, 1.54) is 97.1 Å². The number of aryl methyl sites for hydroxylation is 1. The Morgan fingerprint density at radius 3 is 1.83 bits per heavy atom. The van der Waals surface area contributed by atoms with Gasteiger partial charge in [-0.15, -0.1) is 0 Å². The molecule has 10 rings (SSSR count). The van der Waals surface area contributed by atoms with Gasteiger partial charge >= 0.3 is 0 Å². The maximum Gasteiger partial charge on any atom is 0.0705 e. The van der Waals surface area contributed by atoms with Crippen LogP contribution >= 0.6 is 22.6 Å². The van der Waals surface area contributed by atoms with E-state index in [2.05, 4.69) is 207 Å². The molecule has 0 aliphatic heterocycles. The fraction of sp³-hybridized carbons (Fsp3) is 0.0962. The second-order valence-electron chi connectivity index (χ2n) is 15.3. The molecule has 1 aliphatic rings. The quantitative estimate of drug-likeness (QED) is 0.125. The van der Waals surface area contributed by atoms with Crippen molar-refractivity contribution >= 4 is 54.9 Å². The zero-order chi connectivity index (χ0) is 36.6. The average Bonchev–Trinajstić information content (AvgIpc) is 3.42. The van der Waals surface area contributed by atoms with E-state index in [0.717, 1.165) is 17.7 Å². The van der Waals surface area contributed by atoms with Gasteiger partial charge in [0.15, 0.2) is 0 Å². The van der Waals surface area contributed by atoms with Crippen LogP contribution in [0.3, 0.4) is 0 Å². The van der Waals surface area contributed by atoms with Gasteiger partial charge in [-0.2, -0.15) is 0 Å². The van der Waals surface area contributed by atoms with Crippen molar-refractivity contribution in [3.63, 3.8) is 0 Å². The molecule has 0 saturated heterocycles. The lowest BCUT2D eigenvalue weighted by Crippen LogP contribution is -2.15. The maximum atomic E-state index is 5.20. The van der Waals surface area contributed by atoms with Gasteiger partial charge in [0.1, 0.15) is 0 Å². The number of pyridine rings is 1. The van der Waals surface area contributed by atoms with Gasteiger partial charge in [-0.1, -0.05) is 153 Å². The molecule has 54 heavy (non-hydrogen) atoms. The number of nitrogens with zero attached hydrogens (tertiary/aromatic N) is 1. The summed E-state index contributed by atoms with van der Waals surface area (Å²) >= 11 is 2.56. The first-order valence-electron chi connectivity index (χ1n) is 18.8. The predicted molar refractivity (Wildman–Crippen MR) is 237 cm³/mol. The molecule has 1 aliphatic carbocycles. The Kier molecular flexibility index (Phi) is 7.82. The van der Waals surface area contributed by atoms with Crippen LogP contribution in [0.4, 0.5) is 0 Å². The van der Waals surface area contributed by atoms with Gasteiger partial charge in [0.2, 0.25) is 0 Å². The first-order chi connectivity index (χ1) is 26.3. The van der Waals surface area contributed by atoms with E-state index in [9.17, 15) is 0 Å². The summed E-state index contributed by atoms with van der Waals surface area (Å²) in [6.45, 7) is 6.89. The van der Waals surface area contributed by atoms with Gasteiger partial charge in [0.05, 0.1) is 5.69 Å². The molecule has 0 atom stereocenters. The van der Waals surface area contributed by atoms with Crippen LogP contribution in [0.25, 0.3) is 77.0 Å². The first kappa shape index (κ1) is 33.0. The third-order valence-corrected chi connectivity index (χ3v) is 12.6. The van der Waals surface area contributed by atoms with E-state index < -0.39 is 0 Å². The molecule has 258 valence electrons. The minimum atomic E-state index is -0.0335. The van der Waals surface area contributed by atoms with Crippen LogP contribution in [-0.4, -0.2) is 4.98 Å². The lowest BCUT2D eigenvalue weighted by molar-refractivity contribution is 0.660. The van der Waals surface area contributed by atoms with Gasteiger partial charge in [0.25, 0.3) is 0 Å². The molecule has 1 heterocycles. The highest BCUT2D eigenvalue weighted by atomic mass is 127. The van der Waals surface area contributed by atoms with Crippen molar-refractivity contribution in [2.45, 2.75) is 32.6 Å². The number of halogens is 1. The van der Waals surface area contributed by atoms with Crippen LogP contribution in [-0.2, 0) is 11.8 Å². The number of rotatable bonds is 5. The summed E-state index contributed by atoms with van der Waals surface area (Å²) in [6, 6.07) is 58.4. The Labute approximate surface area is 330 Å². The van der Waals surface area contributed by atoms with Crippen LogP contribution in [0.15, 0.2) is 164 Å². The van der Waals surface area contributed by atoms with Crippen LogP contribution in [0.2, 0.25) is 0 Å². The van der Waals surface area contributed by atoms with E-state index in [4.69, 9.17) is 4.98 Å². The molecule has 0 fully saturated rings. The van der Waals surface area contributed by atoms with Crippen molar-refractivity contribution in [2.75, 3.05) is 0 Å². The van der Waals surface area contributed by atoms with E-state index in [1.807, 2.05) is 0 Å². The smallest absolute Gasteiger partial charge is 0.0705 e. The normalized spacial score (nSPS) is 13.0. The zero-order valence-electron chi connectivity index (χ0n) is 30.6. The van der Waals surface area contributed by atoms with E-state index in [0.29, 0.717) is 0 Å². The van der Waals surface area contributed by atoms with Crippen molar-refractivity contribution in [1.29, 1.82) is 0 Å². The Morgan fingerprint density at radius 1 is 0.481 bits per heavy atom. The summed E-state index contributed by atoms with van der Waals surface area (Å²) in [7, 11) is 0. The van der Waals surface area contributed by atoms with Crippen LogP contribution in [0, 0.1) is 10.5 Å². The molecule has 0 unspecified atom stereocenters. The van der Waals surface area contributed by atoms with Crippen molar-refractivity contribution in [2.24, 2.45) is 0 Å². The van der Waals surface area contributed by atoms with Crippen LogP contribution in [0.1, 0.15) is 41.7 Å². The highest BCUT2D eigenvalue weighted by Crippen LogP contribution is 2.51. The summed E-state index contributed by atoms with van der Waals surface area (Å²) in [5.74, 6) is 0. The molecular weight excluding hydrogens is 765 g/mol. The monoisotopic (exact) mass is 803 g/mol. The Morgan fingerprint density at radius 2 is 1.11 bits per heavy atom. The largest absolute Gasteiger partial charge is 0.256 e.